The van der Waals surface area contributed by atoms with Gasteiger partial charge in [-0.25, -0.2) is 0 Å². The number of unbranched alkanes of at least 4 members (excludes halogenated alkanes) is 23. The Balaban J connectivity index is 4.53. The van der Waals surface area contributed by atoms with Gasteiger partial charge < -0.3 is 14.2 Å². The summed E-state index contributed by atoms with van der Waals surface area (Å²) in [7, 11) is 0. The van der Waals surface area contributed by atoms with Crippen molar-refractivity contribution >= 4 is 17.9 Å². The third-order valence-corrected chi connectivity index (χ3v) is 11.4. The van der Waals surface area contributed by atoms with Crippen LogP contribution in [-0.4, -0.2) is 37.2 Å². The van der Waals surface area contributed by atoms with Gasteiger partial charge in [0.25, 0.3) is 0 Å². The van der Waals surface area contributed by atoms with Crippen LogP contribution in [0.4, 0.5) is 0 Å². The van der Waals surface area contributed by atoms with E-state index in [9.17, 15) is 14.4 Å². The molecular weight excluding hydrogens is 805 g/mol. The monoisotopic (exact) mass is 905 g/mol. The Bertz CT molecular complexity index is 1270. The largest absolute Gasteiger partial charge is 0.462 e. The molecule has 0 saturated carbocycles. The number of hydrogen-bond acceptors (Lipinski definition) is 6. The van der Waals surface area contributed by atoms with E-state index >= 15 is 0 Å². The summed E-state index contributed by atoms with van der Waals surface area (Å²) in [5.41, 5.74) is 0. The van der Waals surface area contributed by atoms with Crippen molar-refractivity contribution in [1.29, 1.82) is 0 Å². The van der Waals surface area contributed by atoms with Crippen LogP contribution in [0, 0.1) is 0 Å². The topological polar surface area (TPSA) is 78.9 Å². The van der Waals surface area contributed by atoms with Crippen LogP contribution >= 0.6 is 0 Å². The molecule has 1 unspecified atom stereocenters. The Kier molecular flexibility index (Phi) is 50.4. The number of esters is 3. The lowest BCUT2D eigenvalue weighted by Crippen LogP contribution is -2.30. The van der Waals surface area contributed by atoms with Crippen LogP contribution in [0.3, 0.4) is 0 Å². The molecule has 0 aromatic rings. The lowest BCUT2D eigenvalue weighted by atomic mass is 10.1. The highest BCUT2D eigenvalue weighted by atomic mass is 16.6. The van der Waals surface area contributed by atoms with Crippen molar-refractivity contribution in [2.75, 3.05) is 13.2 Å². The maximum absolute atomic E-state index is 12.8. The van der Waals surface area contributed by atoms with Crippen molar-refractivity contribution in [3.8, 4) is 0 Å². The first-order valence-corrected chi connectivity index (χ1v) is 27.1. The van der Waals surface area contributed by atoms with Crippen molar-refractivity contribution in [2.45, 2.75) is 258 Å². The first kappa shape index (κ1) is 61.6. The minimum absolute atomic E-state index is 0.123. The van der Waals surface area contributed by atoms with E-state index < -0.39 is 6.10 Å². The molecule has 0 amide bonds. The minimum atomic E-state index is -0.823. The highest BCUT2D eigenvalue weighted by Crippen LogP contribution is 2.13. The fraction of sp³-hybridized carbons (Fsp3) is 0.712. The quantitative estimate of drug-likeness (QED) is 0.0262. The summed E-state index contributed by atoms with van der Waals surface area (Å²) in [6.07, 6.45) is 68.7. The molecule has 0 radical (unpaired) electrons. The predicted octanol–water partition coefficient (Wildman–Crippen LogP) is 18.0. The van der Waals surface area contributed by atoms with Gasteiger partial charge in [0.2, 0.25) is 0 Å². The van der Waals surface area contributed by atoms with Crippen LogP contribution in [0.5, 0.6) is 0 Å². The van der Waals surface area contributed by atoms with E-state index in [1.807, 2.05) is 6.08 Å². The first-order chi connectivity index (χ1) is 32.0. The zero-order valence-corrected chi connectivity index (χ0v) is 42.5. The van der Waals surface area contributed by atoms with Crippen molar-refractivity contribution < 1.29 is 28.6 Å². The predicted molar refractivity (Wildman–Crippen MR) is 279 cm³/mol. The van der Waals surface area contributed by atoms with Crippen LogP contribution in [0.2, 0.25) is 0 Å². The van der Waals surface area contributed by atoms with Crippen LogP contribution < -0.4 is 0 Å². The molecule has 0 aliphatic heterocycles. The van der Waals surface area contributed by atoms with E-state index in [0.717, 1.165) is 64.2 Å². The van der Waals surface area contributed by atoms with E-state index in [4.69, 9.17) is 14.2 Å². The third kappa shape index (κ3) is 51.4. The summed E-state index contributed by atoms with van der Waals surface area (Å²) in [6, 6.07) is 0. The maximum Gasteiger partial charge on any atom is 0.306 e. The Hall–Kier alpha value is -3.41. The van der Waals surface area contributed by atoms with E-state index in [1.54, 1.807) is 0 Å². The molecule has 1 atom stereocenters. The fourth-order valence-corrected chi connectivity index (χ4v) is 7.25. The molecule has 0 spiro atoms. The normalized spacial score (nSPS) is 12.7. The first-order valence-electron chi connectivity index (χ1n) is 27.1. The maximum atomic E-state index is 12.8. The number of hydrogen-bond donors (Lipinski definition) is 0. The lowest BCUT2D eigenvalue weighted by molar-refractivity contribution is -0.166. The van der Waals surface area contributed by atoms with E-state index in [1.165, 1.54) is 135 Å². The second kappa shape index (κ2) is 53.2. The highest BCUT2D eigenvalue weighted by molar-refractivity contribution is 5.71. The number of carbonyl (C=O) groups is 3. The van der Waals surface area contributed by atoms with Gasteiger partial charge in [0.15, 0.2) is 6.10 Å². The number of rotatable bonds is 48. The Morgan fingerprint density at radius 3 is 1.03 bits per heavy atom. The van der Waals surface area contributed by atoms with Gasteiger partial charge in [-0.3, -0.25) is 14.4 Å². The molecule has 0 aromatic carbocycles. The van der Waals surface area contributed by atoms with Gasteiger partial charge in [-0.2, -0.15) is 0 Å². The molecule has 372 valence electrons. The molecule has 0 N–H and O–H groups in total. The second-order valence-electron chi connectivity index (χ2n) is 17.8. The van der Waals surface area contributed by atoms with Gasteiger partial charge in [-0.05, 0) is 103 Å². The van der Waals surface area contributed by atoms with Gasteiger partial charge in [0, 0.05) is 19.3 Å². The van der Waals surface area contributed by atoms with E-state index in [2.05, 4.69) is 99.8 Å². The summed E-state index contributed by atoms with van der Waals surface area (Å²) < 4.78 is 16.7. The summed E-state index contributed by atoms with van der Waals surface area (Å²) in [6.45, 7) is 6.50. The molecule has 0 aromatic heterocycles. The van der Waals surface area contributed by atoms with Crippen molar-refractivity contribution in [3.63, 3.8) is 0 Å². The summed E-state index contributed by atoms with van der Waals surface area (Å²) in [5.74, 6) is -1.05. The SMILES string of the molecule is CCCCC/C=C\C/C=C\CCCCCCCCCC(=O)OC(COC(=O)CC/C=C\C/C=C\CCCCCCCC)COC(=O)CCC/C=C\C/C=C\C/C=C\CCCCCCCC. The molecule has 0 fully saturated rings. The average molecular weight is 905 g/mol. The van der Waals surface area contributed by atoms with Crippen molar-refractivity contribution in [2.24, 2.45) is 0 Å². The van der Waals surface area contributed by atoms with Crippen LogP contribution in [0.1, 0.15) is 252 Å². The van der Waals surface area contributed by atoms with Gasteiger partial charge in [-0.1, -0.05) is 215 Å². The van der Waals surface area contributed by atoms with Crippen LogP contribution in [0.15, 0.2) is 85.1 Å². The lowest BCUT2D eigenvalue weighted by Gasteiger charge is -2.18. The van der Waals surface area contributed by atoms with Crippen LogP contribution in [0.25, 0.3) is 0 Å². The second-order valence-corrected chi connectivity index (χ2v) is 17.8. The molecule has 6 nitrogen and oxygen atoms in total. The zero-order valence-electron chi connectivity index (χ0n) is 42.5. The van der Waals surface area contributed by atoms with Gasteiger partial charge in [0.05, 0.1) is 0 Å². The van der Waals surface area contributed by atoms with Gasteiger partial charge >= 0.3 is 17.9 Å². The Morgan fingerprint density at radius 2 is 0.600 bits per heavy atom. The van der Waals surface area contributed by atoms with E-state index in [-0.39, 0.29) is 44.0 Å². The molecular formula is C59H100O6. The van der Waals surface area contributed by atoms with Crippen LogP contribution in [-0.2, 0) is 28.6 Å². The van der Waals surface area contributed by atoms with Gasteiger partial charge in [-0.15, -0.1) is 0 Å². The molecule has 0 rings (SSSR count). The minimum Gasteiger partial charge on any atom is -0.462 e. The van der Waals surface area contributed by atoms with Crippen molar-refractivity contribution in [1.82, 2.24) is 0 Å². The third-order valence-electron chi connectivity index (χ3n) is 11.4. The number of ether oxygens (including phenoxy) is 3. The number of carbonyl (C=O) groups excluding carboxylic acids is 3. The molecule has 0 heterocycles. The Labute approximate surface area is 401 Å². The molecule has 0 aliphatic carbocycles. The van der Waals surface area contributed by atoms with Gasteiger partial charge in [0.1, 0.15) is 13.2 Å². The average Bonchev–Trinajstić information content (AvgIpc) is 3.30. The standard InChI is InChI=1S/C59H100O6/c1-4-7-10-13-16-19-22-25-27-29-31-34-37-40-43-46-49-52-58(61)64-55-56(54-63-57(60)51-48-45-42-39-36-33-24-21-18-15-12-9-6-3)65-59(62)53-50-47-44-41-38-35-32-30-28-26-23-20-17-14-11-8-5-2/h17,20,25-28,31,33-34,36,40,42-43,45,56H,4-16,18-19,21-24,29-30,32,35,37-39,41,44,46-55H2,1-3H3/b20-17-,27-25-,28-26-,34-31-,36-33-,43-40-,45-42-. The molecule has 0 aliphatic rings. The summed E-state index contributed by atoms with van der Waals surface area (Å²) in [4.78, 5) is 38.0. The molecule has 0 saturated heterocycles. The summed E-state index contributed by atoms with van der Waals surface area (Å²) in [5, 5.41) is 0. The molecule has 65 heavy (non-hydrogen) atoms. The molecule has 0 bridgehead atoms. The summed E-state index contributed by atoms with van der Waals surface area (Å²) >= 11 is 0. The number of allylic oxidation sites excluding steroid dienone is 14. The van der Waals surface area contributed by atoms with E-state index in [0.29, 0.717) is 19.3 Å². The zero-order chi connectivity index (χ0) is 47.2. The highest BCUT2D eigenvalue weighted by Gasteiger charge is 2.19. The molecule has 6 heteroatoms. The smallest absolute Gasteiger partial charge is 0.306 e. The Morgan fingerprint density at radius 1 is 0.308 bits per heavy atom. The fourth-order valence-electron chi connectivity index (χ4n) is 7.25. The van der Waals surface area contributed by atoms with Crippen molar-refractivity contribution in [3.05, 3.63) is 85.1 Å².